The third-order valence-electron chi connectivity index (χ3n) is 5.87. The summed E-state index contributed by atoms with van der Waals surface area (Å²) in [7, 11) is 0. The number of amides is 1. The number of rotatable bonds is 7. The van der Waals surface area contributed by atoms with Crippen LogP contribution in [0.25, 0.3) is 10.9 Å². The Morgan fingerprint density at radius 1 is 1.21 bits per heavy atom. The van der Waals surface area contributed by atoms with Gasteiger partial charge in [0.2, 0.25) is 5.91 Å². The zero-order valence-electron chi connectivity index (χ0n) is 19.1. The third-order valence-corrected chi connectivity index (χ3v) is 5.87. The van der Waals surface area contributed by atoms with Gasteiger partial charge >= 0.3 is 0 Å². The van der Waals surface area contributed by atoms with Crippen molar-refractivity contribution < 1.29 is 9.53 Å². The molecule has 4 rings (SSSR count). The van der Waals surface area contributed by atoms with E-state index in [1.165, 1.54) is 0 Å². The van der Waals surface area contributed by atoms with Gasteiger partial charge < -0.3 is 15.4 Å². The van der Waals surface area contributed by atoms with Crippen LogP contribution in [-0.2, 0) is 16.1 Å². The maximum atomic E-state index is 12.4. The van der Waals surface area contributed by atoms with Gasteiger partial charge in [-0.3, -0.25) is 14.7 Å². The molecule has 3 aromatic rings. The monoisotopic (exact) mass is 443 g/mol. The van der Waals surface area contributed by atoms with Gasteiger partial charge in [-0.1, -0.05) is 23.8 Å². The van der Waals surface area contributed by atoms with E-state index in [1.807, 2.05) is 38.1 Å². The molecule has 2 aromatic carbocycles. The summed E-state index contributed by atoms with van der Waals surface area (Å²) in [6.07, 6.45) is 2.08. The minimum absolute atomic E-state index is 0.00412. The highest BCUT2D eigenvalue weighted by Gasteiger charge is 2.13. The number of hydrogen-bond acceptors (Lipinski definition) is 6. The van der Waals surface area contributed by atoms with E-state index in [0.29, 0.717) is 18.5 Å². The number of hydrogen-bond donors (Lipinski definition) is 2. The molecule has 1 aromatic heterocycles. The van der Waals surface area contributed by atoms with Crippen LogP contribution in [0.2, 0.25) is 0 Å². The highest BCUT2D eigenvalue weighted by molar-refractivity contribution is 5.96. The number of aromatic nitrogens is 1. The second kappa shape index (κ2) is 10.4. The molecule has 0 spiro atoms. The second-order valence-electron chi connectivity index (χ2n) is 8.44. The van der Waals surface area contributed by atoms with Crippen molar-refractivity contribution >= 4 is 28.2 Å². The van der Waals surface area contributed by atoms with Crippen molar-refractivity contribution in [2.45, 2.75) is 26.8 Å². The lowest BCUT2D eigenvalue weighted by Gasteiger charge is -2.26. The van der Waals surface area contributed by atoms with Crippen molar-refractivity contribution in [3.63, 3.8) is 0 Å². The molecule has 170 valence electrons. The highest BCUT2D eigenvalue weighted by atomic mass is 16.5. The second-order valence-corrected chi connectivity index (χ2v) is 8.44. The predicted octanol–water partition coefficient (Wildman–Crippen LogP) is 4.00. The van der Waals surface area contributed by atoms with Crippen molar-refractivity contribution in [2.75, 3.05) is 43.5 Å². The fourth-order valence-electron chi connectivity index (χ4n) is 4.19. The fraction of sp³-hybridized carbons (Fsp3) is 0.346. The molecular formula is C26H29N5O2. The molecule has 2 heterocycles. The van der Waals surface area contributed by atoms with E-state index in [4.69, 9.17) is 4.74 Å². The lowest BCUT2D eigenvalue weighted by Crippen LogP contribution is -2.38. The predicted molar refractivity (Wildman–Crippen MR) is 130 cm³/mol. The molecular weight excluding hydrogens is 414 g/mol. The Labute approximate surface area is 194 Å². The Morgan fingerprint density at radius 3 is 2.82 bits per heavy atom. The normalized spacial score (nSPS) is 14.1. The summed E-state index contributed by atoms with van der Waals surface area (Å²) in [6, 6.07) is 14.2. The van der Waals surface area contributed by atoms with Crippen LogP contribution in [0.3, 0.4) is 0 Å². The van der Waals surface area contributed by atoms with Crippen molar-refractivity contribution in [3.8, 4) is 6.07 Å². The summed E-state index contributed by atoms with van der Waals surface area (Å²) in [4.78, 5) is 19.1. The Morgan fingerprint density at radius 2 is 2.03 bits per heavy atom. The molecule has 0 unspecified atom stereocenters. The first-order valence-corrected chi connectivity index (χ1v) is 11.3. The van der Waals surface area contributed by atoms with Crippen LogP contribution in [0.15, 0.2) is 42.6 Å². The molecule has 2 N–H and O–H groups in total. The zero-order chi connectivity index (χ0) is 23.2. The number of fused-ring (bicyclic) bond motifs is 1. The molecule has 1 aliphatic heterocycles. The standard InChI is InChI=1S/C26H29N5O2/c1-18-12-19(2)25-23(13-18)26(21(15-27)17-29-25)28-16-20-4-3-5-22(14-20)30-24(32)6-7-31-8-10-33-11-9-31/h3-5,12-14,17H,6-11,16H2,1-2H3,(H,28,29)(H,30,32). The maximum absolute atomic E-state index is 12.4. The molecule has 1 fully saturated rings. The number of nitrogens with one attached hydrogen (secondary N) is 2. The number of ether oxygens (including phenoxy) is 1. The average molecular weight is 444 g/mol. The molecule has 0 radical (unpaired) electrons. The summed E-state index contributed by atoms with van der Waals surface area (Å²) >= 11 is 0. The van der Waals surface area contributed by atoms with Crippen molar-refractivity contribution in [2.24, 2.45) is 0 Å². The molecule has 1 aliphatic rings. The van der Waals surface area contributed by atoms with Gasteiger partial charge in [0.15, 0.2) is 0 Å². The molecule has 0 atom stereocenters. The number of anilines is 2. The van der Waals surface area contributed by atoms with E-state index in [0.717, 1.165) is 71.8 Å². The van der Waals surface area contributed by atoms with Gasteiger partial charge in [0.25, 0.3) is 0 Å². The van der Waals surface area contributed by atoms with Crippen LogP contribution in [0, 0.1) is 25.2 Å². The average Bonchev–Trinajstić information content (AvgIpc) is 2.82. The van der Waals surface area contributed by atoms with Gasteiger partial charge in [-0.25, -0.2) is 0 Å². The van der Waals surface area contributed by atoms with E-state index in [2.05, 4.69) is 38.7 Å². The molecule has 0 aliphatic carbocycles. The largest absolute Gasteiger partial charge is 0.379 e. The molecule has 7 nitrogen and oxygen atoms in total. The smallest absolute Gasteiger partial charge is 0.225 e. The van der Waals surface area contributed by atoms with Crippen molar-refractivity contribution in [1.29, 1.82) is 5.26 Å². The van der Waals surface area contributed by atoms with Crippen LogP contribution in [0.5, 0.6) is 0 Å². The number of nitriles is 1. The van der Waals surface area contributed by atoms with E-state index in [-0.39, 0.29) is 5.91 Å². The van der Waals surface area contributed by atoms with Gasteiger partial charge in [0, 0.05) is 49.9 Å². The van der Waals surface area contributed by atoms with Crippen LogP contribution in [0.1, 0.15) is 28.7 Å². The molecule has 1 amide bonds. The topological polar surface area (TPSA) is 90.3 Å². The van der Waals surface area contributed by atoms with E-state index in [1.54, 1.807) is 6.20 Å². The number of aryl methyl sites for hydroxylation is 2. The summed E-state index contributed by atoms with van der Waals surface area (Å²) in [5, 5.41) is 17.0. The van der Waals surface area contributed by atoms with E-state index in [9.17, 15) is 10.1 Å². The van der Waals surface area contributed by atoms with Crippen LogP contribution in [-0.4, -0.2) is 48.6 Å². The number of carbonyl (C=O) groups excluding carboxylic acids is 1. The summed E-state index contributed by atoms with van der Waals surface area (Å²) in [5.41, 5.74) is 6.19. The number of benzene rings is 2. The lowest BCUT2D eigenvalue weighted by molar-refractivity contribution is -0.116. The SMILES string of the molecule is Cc1cc(C)c2ncc(C#N)c(NCc3cccc(NC(=O)CCN4CCOCC4)c3)c2c1. The van der Waals surface area contributed by atoms with Crippen molar-refractivity contribution in [1.82, 2.24) is 9.88 Å². The Hall–Kier alpha value is -3.47. The quantitative estimate of drug-likeness (QED) is 0.574. The third kappa shape index (κ3) is 5.67. The summed E-state index contributed by atoms with van der Waals surface area (Å²) < 4.78 is 5.35. The zero-order valence-corrected chi connectivity index (χ0v) is 19.1. The van der Waals surface area contributed by atoms with E-state index >= 15 is 0 Å². The number of carbonyl (C=O) groups is 1. The van der Waals surface area contributed by atoms with Gasteiger partial charge in [0.05, 0.1) is 30.0 Å². The van der Waals surface area contributed by atoms with Gasteiger partial charge in [-0.2, -0.15) is 5.26 Å². The highest BCUT2D eigenvalue weighted by Crippen LogP contribution is 2.29. The molecule has 0 saturated carbocycles. The first-order chi connectivity index (χ1) is 16.0. The maximum Gasteiger partial charge on any atom is 0.225 e. The Bertz CT molecular complexity index is 1200. The molecule has 0 bridgehead atoms. The number of pyridine rings is 1. The van der Waals surface area contributed by atoms with Crippen molar-refractivity contribution in [3.05, 3.63) is 64.8 Å². The van der Waals surface area contributed by atoms with Crippen LogP contribution < -0.4 is 10.6 Å². The van der Waals surface area contributed by atoms with Crippen LogP contribution >= 0.6 is 0 Å². The summed E-state index contributed by atoms with van der Waals surface area (Å²) in [5.74, 6) is 0.00412. The Kier molecular flexibility index (Phi) is 7.18. The molecule has 33 heavy (non-hydrogen) atoms. The molecule has 1 saturated heterocycles. The minimum atomic E-state index is 0.00412. The van der Waals surface area contributed by atoms with Crippen LogP contribution in [0.4, 0.5) is 11.4 Å². The summed E-state index contributed by atoms with van der Waals surface area (Å²) in [6.45, 7) is 8.55. The molecule has 7 heteroatoms. The number of morpholine rings is 1. The minimum Gasteiger partial charge on any atom is -0.379 e. The number of nitrogens with zero attached hydrogens (tertiary/aromatic N) is 3. The fourth-order valence-corrected chi connectivity index (χ4v) is 4.19. The first-order valence-electron chi connectivity index (χ1n) is 11.3. The first kappa shape index (κ1) is 22.7. The van der Waals surface area contributed by atoms with Gasteiger partial charge in [-0.15, -0.1) is 0 Å². The lowest BCUT2D eigenvalue weighted by atomic mass is 10.0. The van der Waals surface area contributed by atoms with Gasteiger partial charge in [-0.05, 0) is 43.2 Å². The van der Waals surface area contributed by atoms with Gasteiger partial charge in [0.1, 0.15) is 6.07 Å². The Balaban J connectivity index is 1.43. The van der Waals surface area contributed by atoms with E-state index < -0.39 is 0 Å².